The van der Waals surface area contributed by atoms with Crippen molar-refractivity contribution in [1.82, 2.24) is 5.32 Å². The predicted octanol–water partition coefficient (Wildman–Crippen LogP) is 3.26. The van der Waals surface area contributed by atoms with E-state index in [1.165, 1.54) is 0 Å². The standard InChI is InChI=1S/C20H21N3O2/c1-13(2)18(23-19(24)16-8-4-6-14(3)10-16)20(25)22-17-9-5-7-15(11-17)12-21/h4-11,13,18H,1-3H3,(H,22,25)(H,23,24)/t18-/m1/s1. The first-order valence-corrected chi connectivity index (χ1v) is 8.09. The smallest absolute Gasteiger partial charge is 0.251 e. The van der Waals surface area contributed by atoms with Crippen molar-refractivity contribution in [1.29, 1.82) is 5.26 Å². The maximum atomic E-state index is 12.6. The first-order valence-electron chi connectivity index (χ1n) is 8.09. The summed E-state index contributed by atoms with van der Waals surface area (Å²) < 4.78 is 0. The number of hydrogen-bond acceptors (Lipinski definition) is 3. The fourth-order valence-corrected chi connectivity index (χ4v) is 2.43. The van der Waals surface area contributed by atoms with Crippen LogP contribution in [0.4, 0.5) is 5.69 Å². The molecule has 0 unspecified atom stereocenters. The molecule has 5 heteroatoms. The van der Waals surface area contributed by atoms with Gasteiger partial charge in [-0.15, -0.1) is 0 Å². The third-order valence-electron chi connectivity index (χ3n) is 3.78. The highest BCUT2D eigenvalue weighted by Crippen LogP contribution is 2.13. The first kappa shape index (κ1) is 18.2. The van der Waals surface area contributed by atoms with E-state index < -0.39 is 6.04 Å². The van der Waals surface area contributed by atoms with Gasteiger partial charge in [-0.05, 0) is 43.2 Å². The molecule has 128 valence electrons. The minimum absolute atomic E-state index is 0.0899. The van der Waals surface area contributed by atoms with Crippen LogP contribution in [0.25, 0.3) is 0 Å². The van der Waals surface area contributed by atoms with Gasteiger partial charge in [-0.25, -0.2) is 0 Å². The van der Waals surface area contributed by atoms with Crippen LogP contribution in [0.5, 0.6) is 0 Å². The number of aryl methyl sites for hydroxylation is 1. The zero-order valence-electron chi connectivity index (χ0n) is 14.5. The molecule has 0 spiro atoms. The maximum absolute atomic E-state index is 12.6. The molecule has 2 N–H and O–H groups in total. The monoisotopic (exact) mass is 335 g/mol. The van der Waals surface area contributed by atoms with Gasteiger partial charge in [0.2, 0.25) is 5.91 Å². The SMILES string of the molecule is Cc1cccc(C(=O)N[C@@H](C(=O)Nc2cccc(C#N)c2)C(C)C)c1. The molecule has 2 rings (SSSR count). The highest BCUT2D eigenvalue weighted by atomic mass is 16.2. The van der Waals surface area contributed by atoms with E-state index in [0.717, 1.165) is 5.56 Å². The first-order chi connectivity index (χ1) is 11.9. The van der Waals surface area contributed by atoms with E-state index in [1.807, 2.05) is 39.0 Å². The number of rotatable bonds is 5. The van der Waals surface area contributed by atoms with Crippen LogP contribution in [-0.4, -0.2) is 17.9 Å². The van der Waals surface area contributed by atoms with E-state index in [-0.39, 0.29) is 17.7 Å². The summed E-state index contributed by atoms with van der Waals surface area (Å²) in [5.41, 5.74) is 2.48. The second kappa shape index (κ2) is 8.11. The van der Waals surface area contributed by atoms with Crippen LogP contribution in [-0.2, 0) is 4.79 Å². The highest BCUT2D eigenvalue weighted by molar-refractivity contribution is 6.01. The number of carbonyl (C=O) groups excluding carboxylic acids is 2. The molecule has 0 heterocycles. The van der Waals surface area contributed by atoms with Gasteiger partial charge in [0, 0.05) is 11.3 Å². The summed E-state index contributed by atoms with van der Waals surface area (Å²) in [6, 6.07) is 15.2. The van der Waals surface area contributed by atoms with Crippen molar-refractivity contribution in [3.05, 3.63) is 65.2 Å². The van der Waals surface area contributed by atoms with Crippen LogP contribution in [0.3, 0.4) is 0 Å². The largest absolute Gasteiger partial charge is 0.340 e. The molecule has 2 amide bonds. The molecule has 0 saturated heterocycles. The number of anilines is 1. The number of carbonyl (C=O) groups is 2. The number of nitriles is 1. The number of nitrogens with one attached hydrogen (secondary N) is 2. The average molecular weight is 335 g/mol. The Morgan fingerprint density at radius 1 is 1.08 bits per heavy atom. The zero-order chi connectivity index (χ0) is 18.4. The van der Waals surface area contributed by atoms with Crippen molar-refractivity contribution in [3.8, 4) is 6.07 Å². The van der Waals surface area contributed by atoms with Gasteiger partial charge < -0.3 is 10.6 Å². The molecule has 1 atom stereocenters. The normalized spacial score (nSPS) is 11.5. The van der Waals surface area contributed by atoms with Crippen LogP contribution >= 0.6 is 0 Å². The van der Waals surface area contributed by atoms with E-state index in [0.29, 0.717) is 16.8 Å². The zero-order valence-corrected chi connectivity index (χ0v) is 14.5. The van der Waals surface area contributed by atoms with Crippen molar-refractivity contribution in [2.75, 3.05) is 5.32 Å². The fourth-order valence-electron chi connectivity index (χ4n) is 2.43. The van der Waals surface area contributed by atoms with Gasteiger partial charge in [0.25, 0.3) is 5.91 Å². The molecule has 5 nitrogen and oxygen atoms in total. The summed E-state index contributed by atoms with van der Waals surface area (Å²) in [6.45, 7) is 5.64. The number of benzene rings is 2. The Labute approximate surface area is 147 Å². The van der Waals surface area contributed by atoms with Crippen molar-refractivity contribution >= 4 is 17.5 Å². The summed E-state index contributed by atoms with van der Waals surface area (Å²) in [7, 11) is 0. The van der Waals surface area contributed by atoms with E-state index in [9.17, 15) is 9.59 Å². The molecule has 0 saturated carbocycles. The third kappa shape index (κ3) is 4.92. The highest BCUT2D eigenvalue weighted by Gasteiger charge is 2.24. The van der Waals surface area contributed by atoms with Gasteiger partial charge in [-0.1, -0.05) is 37.6 Å². The van der Waals surface area contributed by atoms with Crippen molar-refractivity contribution < 1.29 is 9.59 Å². The second-order valence-corrected chi connectivity index (χ2v) is 6.25. The molecule has 0 bridgehead atoms. The molecule has 0 fully saturated rings. The quantitative estimate of drug-likeness (QED) is 0.880. The molecule has 0 aliphatic carbocycles. The van der Waals surface area contributed by atoms with Gasteiger partial charge in [0.15, 0.2) is 0 Å². The van der Waals surface area contributed by atoms with Crippen molar-refractivity contribution in [2.24, 2.45) is 5.92 Å². The van der Waals surface area contributed by atoms with E-state index in [4.69, 9.17) is 5.26 Å². The summed E-state index contributed by atoms with van der Waals surface area (Å²) in [5, 5.41) is 14.5. The Morgan fingerprint density at radius 3 is 2.44 bits per heavy atom. The summed E-state index contributed by atoms with van der Waals surface area (Å²) in [4.78, 5) is 25.0. The lowest BCUT2D eigenvalue weighted by atomic mass is 10.0. The van der Waals surface area contributed by atoms with Gasteiger partial charge in [0.05, 0.1) is 11.6 Å². The lowest BCUT2D eigenvalue weighted by molar-refractivity contribution is -0.118. The Morgan fingerprint density at radius 2 is 1.80 bits per heavy atom. The predicted molar refractivity (Wildman–Crippen MR) is 97.1 cm³/mol. The Balaban J connectivity index is 2.13. The third-order valence-corrected chi connectivity index (χ3v) is 3.78. The van der Waals surface area contributed by atoms with Crippen LogP contribution in [0.2, 0.25) is 0 Å². The summed E-state index contributed by atoms with van der Waals surface area (Å²) in [5.74, 6) is -0.692. The lowest BCUT2D eigenvalue weighted by Gasteiger charge is -2.22. The Bertz CT molecular complexity index is 822. The summed E-state index contributed by atoms with van der Waals surface area (Å²) >= 11 is 0. The number of hydrogen-bond donors (Lipinski definition) is 2. The van der Waals surface area contributed by atoms with Crippen LogP contribution in [0.15, 0.2) is 48.5 Å². The Hall–Kier alpha value is -3.13. The Kier molecular flexibility index (Phi) is 5.91. The second-order valence-electron chi connectivity index (χ2n) is 6.25. The molecule has 0 aromatic heterocycles. The molecule has 0 aliphatic rings. The number of amides is 2. The van der Waals surface area contributed by atoms with Gasteiger partial charge in [-0.2, -0.15) is 5.26 Å². The van der Waals surface area contributed by atoms with Gasteiger partial charge in [0.1, 0.15) is 6.04 Å². The van der Waals surface area contributed by atoms with Crippen molar-refractivity contribution in [3.63, 3.8) is 0 Å². The molecular weight excluding hydrogens is 314 g/mol. The van der Waals surface area contributed by atoms with Crippen LogP contribution in [0, 0.1) is 24.2 Å². The minimum atomic E-state index is -0.682. The summed E-state index contributed by atoms with van der Waals surface area (Å²) in [6.07, 6.45) is 0. The van der Waals surface area contributed by atoms with Gasteiger partial charge in [-0.3, -0.25) is 9.59 Å². The van der Waals surface area contributed by atoms with Gasteiger partial charge >= 0.3 is 0 Å². The molecular formula is C20H21N3O2. The molecule has 2 aromatic rings. The van der Waals surface area contributed by atoms with Crippen molar-refractivity contribution in [2.45, 2.75) is 26.8 Å². The topological polar surface area (TPSA) is 82.0 Å². The van der Waals surface area contributed by atoms with Crippen LogP contribution < -0.4 is 10.6 Å². The molecule has 25 heavy (non-hydrogen) atoms. The molecule has 2 aromatic carbocycles. The van der Waals surface area contributed by atoms with E-state index in [2.05, 4.69) is 10.6 Å². The maximum Gasteiger partial charge on any atom is 0.251 e. The number of nitrogens with zero attached hydrogens (tertiary/aromatic N) is 1. The molecule has 0 aliphatic heterocycles. The lowest BCUT2D eigenvalue weighted by Crippen LogP contribution is -2.47. The van der Waals surface area contributed by atoms with E-state index in [1.54, 1.807) is 36.4 Å². The van der Waals surface area contributed by atoms with Crippen LogP contribution in [0.1, 0.15) is 35.3 Å². The fraction of sp³-hybridized carbons (Fsp3) is 0.250. The van der Waals surface area contributed by atoms with E-state index >= 15 is 0 Å². The average Bonchev–Trinajstić information content (AvgIpc) is 2.59. The molecule has 0 radical (unpaired) electrons. The minimum Gasteiger partial charge on any atom is -0.340 e.